The maximum Gasteiger partial charge on any atom is 0.243 e. The number of benzene rings is 1. The number of likely N-dealkylation sites (tertiary alicyclic amines) is 1. The van der Waals surface area contributed by atoms with E-state index in [4.69, 9.17) is 11.6 Å². The molecule has 0 N–H and O–H groups in total. The third-order valence-electron chi connectivity index (χ3n) is 5.49. The first-order valence-electron chi connectivity index (χ1n) is 8.24. The third kappa shape index (κ3) is 3.07. The number of rotatable bonds is 2. The summed E-state index contributed by atoms with van der Waals surface area (Å²) in [6, 6.07) is 5.00. The smallest absolute Gasteiger partial charge is 0.243 e. The number of carbonyl (C=O) groups excluding carboxylic acids is 1. The highest BCUT2D eigenvalue weighted by atomic mass is 35.5. The van der Waals surface area contributed by atoms with Gasteiger partial charge in [0.2, 0.25) is 15.9 Å². The van der Waals surface area contributed by atoms with Crippen molar-refractivity contribution in [3.63, 3.8) is 0 Å². The average molecular weight is 371 g/mol. The van der Waals surface area contributed by atoms with Gasteiger partial charge in [-0.1, -0.05) is 17.7 Å². The van der Waals surface area contributed by atoms with Crippen LogP contribution in [0, 0.1) is 12.3 Å². The van der Waals surface area contributed by atoms with Crippen LogP contribution in [0.15, 0.2) is 23.1 Å². The summed E-state index contributed by atoms with van der Waals surface area (Å²) in [5.41, 5.74) is 0.667. The lowest BCUT2D eigenvalue weighted by Crippen LogP contribution is -2.51. The fourth-order valence-electron chi connectivity index (χ4n) is 3.85. The van der Waals surface area contributed by atoms with E-state index in [0.29, 0.717) is 35.0 Å². The Kier molecular flexibility index (Phi) is 4.66. The molecule has 1 aromatic carbocycles. The van der Waals surface area contributed by atoms with Gasteiger partial charge in [-0.2, -0.15) is 4.31 Å². The Labute approximate surface area is 148 Å². The summed E-state index contributed by atoms with van der Waals surface area (Å²) in [4.78, 5) is 13.8. The maximum absolute atomic E-state index is 13.0. The number of sulfonamides is 1. The molecule has 0 saturated carbocycles. The molecule has 0 atom stereocenters. The van der Waals surface area contributed by atoms with Crippen LogP contribution in [0.3, 0.4) is 0 Å². The van der Waals surface area contributed by atoms with Crippen LogP contribution in [0.2, 0.25) is 5.02 Å². The summed E-state index contributed by atoms with van der Waals surface area (Å²) >= 11 is 6.08. The van der Waals surface area contributed by atoms with Gasteiger partial charge in [-0.15, -0.1) is 0 Å². The summed E-state index contributed by atoms with van der Waals surface area (Å²) in [5.74, 6) is 0.185. The van der Waals surface area contributed by atoms with Gasteiger partial charge in [0.05, 0.1) is 4.90 Å². The fraction of sp³-hybridized carbons (Fsp3) is 0.588. The second-order valence-electron chi connectivity index (χ2n) is 7.02. The van der Waals surface area contributed by atoms with Gasteiger partial charge >= 0.3 is 0 Å². The first-order chi connectivity index (χ1) is 11.3. The van der Waals surface area contributed by atoms with E-state index in [9.17, 15) is 13.2 Å². The van der Waals surface area contributed by atoms with Gasteiger partial charge < -0.3 is 4.90 Å². The van der Waals surface area contributed by atoms with E-state index in [2.05, 4.69) is 0 Å². The molecule has 1 amide bonds. The Balaban J connectivity index is 1.77. The first-order valence-corrected chi connectivity index (χ1v) is 10.1. The zero-order valence-corrected chi connectivity index (χ0v) is 15.7. The zero-order valence-electron chi connectivity index (χ0n) is 14.1. The van der Waals surface area contributed by atoms with Gasteiger partial charge in [0, 0.05) is 38.1 Å². The number of halogens is 1. The van der Waals surface area contributed by atoms with Crippen molar-refractivity contribution in [2.45, 2.75) is 37.5 Å². The van der Waals surface area contributed by atoms with Crippen LogP contribution in [0.1, 0.15) is 31.2 Å². The second kappa shape index (κ2) is 6.32. The number of hydrogen-bond donors (Lipinski definition) is 0. The van der Waals surface area contributed by atoms with Crippen molar-refractivity contribution in [3.05, 3.63) is 28.8 Å². The topological polar surface area (TPSA) is 57.7 Å². The lowest BCUT2D eigenvalue weighted by molar-refractivity contribution is -0.136. The van der Waals surface area contributed by atoms with Crippen molar-refractivity contribution in [2.75, 3.05) is 26.7 Å². The molecule has 5 nitrogen and oxygen atoms in total. The first kappa shape index (κ1) is 17.7. The van der Waals surface area contributed by atoms with Crippen LogP contribution in [0.5, 0.6) is 0 Å². The molecule has 132 valence electrons. The lowest BCUT2D eigenvalue weighted by Gasteiger charge is -2.46. The van der Waals surface area contributed by atoms with Gasteiger partial charge in [-0.05, 0) is 49.3 Å². The Morgan fingerprint density at radius 2 is 1.83 bits per heavy atom. The predicted molar refractivity (Wildman–Crippen MR) is 93.5 cm³/mol. The minimum atomic E-state index is -3.53. The van der Waals surface area contributed by atoms with Gasteiger partial charge in [0.15, 0.2) is 0 Å². The molecule has 2 aliphatic heterocycles. The van der Waals surface area contributed by atoms with Gasteiger partial charge in [0.1, 0.15) is 0 Å². The summed E-state index contributed by atoms with van der Waals surface area (Å²) in [5, 5.41) is 0.469. The summed E-state index contributed by atoms with van der Waals surface area (Å²) in [6.45, 7) is 3.46. The van der Waals surface area contributed by atoms with Crippen molar-refractivity contribution in [2.24, 2.45) is 5.41 Å². The molecule has 2 aliphatic rings. The second-order valence-corrected chi connectivity index (χ2v) is 9.33. The van der Waals surface area contributed by atoms with E-state index in [0.717, 1.165) is 25.8 Å². The number of nitrogens with zero attached hydrogens (tertiary/aromatic N) is 2. The number of piperidine rings is 2. The van der Waals surface area contributed by atoms with Crippen LogP contribution >= 0.6 is 11.6 Å². The quantitative estimate of drug-likeness (QED) is 0.804. The molecule has 2 fully saturated rings. The Morgan fingerprint density at radius 1 is 1.17 bits per heavy atom. The van der Waals surface area contributed by atoms with E-state index in [1.165, 1.54) is 0 Å². The average Bonchev–Trinajstić information content (AvgIpc) is 2.54. The molecule has 0 aliphatic carbocycles. The van der Waals surface area contributed by atoms with Crippen LogP contribution < -0.4 is 0 Å². The number of hydrogen-bond acceptors (Lipinski definition) is 3. The molecular formula is C17H23ClN2O3S. The van der Waals surface area contributed by atoms with E-state index in [-0.39, 0.29) is 11.3 Å². The van der Waals surface area contributed by atoms with E-state index < -0.39 is 10.0 Å². The van der Waals surface area contributed by atoms with Crippen molar-refractivity contribution < 1.29 is 13.2 Å². The SMILES string of the molecule is Cc1c(Cl)cccc1S(=O)(=O)N1CCC2(CCC(=O)N(C)C2)CC1. The molecule has 0 aromatic heterocycles. The van der Waals surface area contributed by atoms with E-state index in [1.807, 2.05) is 7.05 Å². The van der Waals surface area contributed by atoms with Crippen molar-refractivity contribution in [1.82, 2.24) is 9.21 Å². The molecule has 2 saturated heterocycles. The number of carbonyl (C=O) groups is 1. The molecule has 2 heterocycles. The molecule has 24 heavy (non-hydrogen) atoms. The summed E-state index contributed by atoms with van der Waals surface area (Å²) in [6.07, 6.45) is 3.02. The van der Waals surface area contributed by atoms with Crippen LogP contribution in [-0.4, -0.2) is 50.2 Å². The minimum absolute atomic E-state index is 0.0675. The molecule has 7 heteroatoms. The largest absolute Gasteiger partial charge is 0.345 e. The standard InChI is InChI=1S/C17H23ClN2O3S/c1-13-14(18)4-3-5-15(13)24(22,23)20-10-8-17(9-11-20)7-6-16(21)19(2)12-17/h3-5H,6-12H2,1-2H3. The highest BCUT2D eigenvalue weighted by molar-refractivity contribution is 7.89. The molecule has 1 spiro atoms. The normalized spacial score (nSPS) is 22.1. The van der Waals surface area contributed by atoms with Crippen molar-refractivity contribution in [3.8, 4) is 0 Å². The van der Waals surface area contributed by atoms with Gasteiger partial charge in [-0.3, -0.25) is 4.79 Å². The zero-order chi connectivity index (χ0) is 17.5. The van der Waals surface area contributed by atoms with Crippen molar-refractivity contribution in [1.29, 1.82) is 0 Å². The monoisotopic (exact) mass is 370 g/mol. The molecule has 1 aromatic rings. The third-order valence-corrected chi connectivity index (χ3v) is 7.94. The van der Waals surface area contributed by atoms with Gasteiger partial charge in [-0.25, -0.2) is 8.42 Å². The lowest BCUT2D eigenvalue weighted by atomic mass is 9.73. The highest BCUT2D eigenvalue weighted by Crippen LogP contribution is 2.41. The van der Waals surface area contributed by atoms with Crippen LogP contribution in [-0.2, 0) is 14.8 Å². The molecule has 0 unspecified atom stereocenters. The Morgan fingerprint density at radius 3 is 2.46 bits per heavy atom. The highest BCUT2D eigenvalue weighted by Gasteiger charge is 2.42. The minimum Gasteiger partial charge on any atom is -0.345 e. The molecule has 3 rings (SSSR count). The summed E-state index contributed by atoms with van der Waals surface area (Å²) in [7, 11) is -1.69. The fourth-order valence-corrected chi connectivity index (χ4v) is 5.77. The summed E-state index contributed by atoms with van der Waals surface area (Å²) < 4.78 is 27.5. The van der Waals surface area contributed by atoms with Crippen molar-refractivity contribution >= 4 is 27.5 Å². The van der Waals surface area contributed by atoms with Gasteiger partial charge in [0.25, 0.3) is 0 Å². The Hall–Kier alpha value is -1.11. The predicted octanol–water partition coefficient (Wildman–Crippen LogP) is 2.67. The molecule has 0 bridgehead atoms. The van der Waals surface area contributed by atoms with Crippen LogP contribution in [0.4, 0.5) is 0 Å². The maximum atomic E-state index is 13.0. The van der Waals surface area contributed by atoms with E-state index >= 15 is 0 Å². The number of amides is 1. The Bertz CT molecular complexity index is 755. The molecular weight excluding hydrogens is 348 g/mol. The van der Waals surface area contributed by atoms with Crippen LogP contribution in [0.25, 0.3) is 0 Å². The molecule has 0 radical (unpaired) electrons. The van der Waals surface area contributed by atoms with E-state index in [1.54, 1.807) is 34.3 Å².